The molecule has 3 rings (SSSR count). The lowest BCUT2D eigenvalue weighted by atomic mass is 10.1. The summed E-state index contributed by atoms with van der Waals surface area (Å²) < 4.78 is 5.89. The average Bonchev–Trinajstić information content (AvgIpc) is 2.57. The van der Waals surface area contributed by atoms with Crippen molar-refractivity contribution >= 4 is 23.3 Å². The third-order valence-electron chi connectivity index (χ3n) is 3.82. The van der Waals surface area contributed by atoms with E-state index in [1.54, 1.807) is 29.3 Å². The largest absolute Gasteiger partial charge is 0.472 e. The molecule has 2 aromatic rings. The summed E-state index contributed by atoms with van der Waals surface area (Å²) >= 11 is 6.09. The van der Waals surface area contributed by atoms with Crippen molar-refractivity contribution in [3.05, 3.63) is 47.4 Å². The van der Waals surface area contributed by atoms with Crippen LogP contribution in [0.1, 0.15) is 18.7 Å². The van der Waals surface area contributed by atoms with Crippen LogP contribution in [-0.4, -0.2) is 40.1 Å². The number of anilines is 1. The van der Waals surface area contributed by atoms with E-state index in [0.717, 1.165) is 12.8 Å². The van der Waals surface area contributed by atoms with E-state index in [1.165, 1.54) is 0 Å². The van der Waals surface area contributed by atoms with E-state index >= 15 is 0 Å². The van der Waals surface area contributed by atoms with Gasteiger partial charge in [-0.15, -0.1) is 0 Å². The summed E-state index contributed by atoms with van der Waals surface area (Å²) in [5, 5.41) is 3.37. The number of urea groups is 1. The number of rotatable bonds is 3. The fraction of sp³-hybridized carbons (Fsp3) is 0.353. The van der Waals surface area contributed by atoms with Gasteiger partial charge in [0.15, 0.2) is 0 Å². The number of ether oxygens (including phenoxy) is 1. The summed E-state index contributed by atoms with van der Waals surface area (Å²) in [6.45, 7) is 3.02. The molecule has 1 aromatic carbocycles. The fourth-order valence-corrected chi connectivity index (χ4v) is 2.83. The van der Waals surface area contributed by atoms with Crippen molar-refractivity contribution in [2.75, 3.05) is 18.4 Å². The maximum atomic E-state index is 12.4. The molecule has 1 unspecified atom stereocenters. The van der Waals surface area contributed by atoms with Gasteiger partial charge >= 0.3 is 6.03 Å². The minimum absolute atomic E-state index is 0.0787. The van der Waals surface area contributed by atoms with E-state index in [2.05, 4.69) is 15.3 Å². The number of aryl methyl sites for hydroxylation is 1. The summed E-state index contributed by atoms with van der Waals surface area (Å²) in [7, 11) is 0. The number of benzene rings is 1. The van der Waals surface area contributed by atoms with Gasteiger partial charge in [0.1, 0.15) is 11.9 Å². The number of carbonyl (C=O) groups excluding carboxylic acids is 1. The third kappa shape index (κ3) is 4.14. The van der Waals surface area contributed by atoms with Gasteiger partial charge in [-0.2, -0.15) is 4.98 Å². The number of hydrogen-bond acceptors (Lipinski definition) is 4. The molecule has 24 heavy (non-hydrogen) atoms. The molecule has 1 fully saturated rings. The average molecular weight is 347 g/mol. The normalized spacial score (nSPS) is 17.4. The predicted octanol–water partition coefficient (Wildman–Crippen LogP) is 3.51. The lowest BCUT2D eigenvalue weighted by molar-refractivity contribution is 0.102. The molecule has 6 nitrogen and oxygen atoms in total. The summed E-state index contributed by atoms with van der Waals surface area (Å²) in [4.78, 5) is 22.5. The van der Waals surface area contributed by atoms with Crippen molar-refractivity contribution in [2.24, 2.45) is 0 Å². The second kappa shape index (κ2) is 7.49. The molecule has 0 saturated carbocycles. The smallest absolute Gasteiger partial charge is 0.322 e. The SMILES string of the molecule is Cc1nccc(OC2CCCN(C(=O)Nc3ccccc3Cl)C2)n1. The number of amides is 2. The zero-order valence-corrected chi connectivity index (χ0v) is 14.2. The van der Waals surface area contributed by atoms with Gasteiger partial charge in [-0.25, -0.2) is 9.78 Å². The molecule has 2 amide bonds. The zero-order valence-electron chi connectivity index (χ0n) is 13.4. The Balaban J connectivity index is 1.60. The van der Waals surface area contributed by atoms with Crippen LogP contribution in [0.4, 0.5) is 10.5 Å². The molecule has 0 bridgehead atoms. The van der Waals surface area contributed by atoms with Crippen LogP contribution >= 0.6 is 11.6 Å². The monoisotopic (exact) mass is 346 g/mol. The molecule has 1 saturated heterocycles. The molecule has 1 aromatic heterocycles. The quantitative estimate of drug-likeness (QED) is 0.923. The first kappa shape index (κ1) is 16.5. The molecule has 0 aliphatic carbocycles. The first-order chi connectivity index (χ1) is 11.6. The number of nitrogens with zero attached hydrogens (tertiary/aromatic N) is 3. The van der Waals surface area contributed by atoms with Crippen molar-refractivity contribution in [1.82, 2.24) is 14.9 Å². The summed E-state index contributed by atoms with van der Waals surface area (Å²) in [5.74, 6) is 1.21. The molecule has 126 valence electrons. The highest BCUT2D eigenvalue weighted by molar-refractivity contribution is 6.33. The fourth-order valence-electron chi connectivity index (χ4n) is 2.65. The Kier molecular flexibility index (Phi) is 5.15. The Labute approximate surface area is 145 Å². The third-order valence-corrected chi connectivity index (χ3v) is 4.15. The molecule has 1 atom stereocenters. The zero-order chi connectivity index (χ0) is 16.9. The summed E-state index contributed by atoms with van der Waals surface area (Å²) in [6.07, 6.45) is 3.36. The van der Waals surface area contributed by atoms with E-state index in [0.29, 0.717) is 35.5 Å². The molecule has 0 radical (unpaired) electrons. The molecule has 0 spiro atoms. The van der Waals surface area contributed by atoms with Crippen LogP contribution in [0.3, 0.4) is 0 Å². The first-order valence-electron chi connectivity index (χ1n) is 7.88. The minimum atomic E-state index is -0.171. The van der Waals surface area contributed by atoms with Gasteiger partial charge in [0.05, 0.1) is 17.3 Å². The second-order valence-electron chi connectivity index (χ2n) is 5.68. The van der Waals surface area contributed by atoms with Gasteiger partial charge in [-0.05, 0) is 31.9 Å². The van der Waals surface area contributed by atoms with Crippen molar-refractivity contribution < 1.29 is 9.53 Å². The van der Waals surface area contributed by atoms with Crippen molar-refractivity contribution in [3.8, 4) is 5.88 Å². The van der Waals surface area contributed by atoms with Gasteiger partial charge in [0.2, 0.25) is 5.88 Å². The minimum Gasteiger partial charge on any atom is -0.472 e. The number of para-hydroxylation sites is 1. The van der Waals surface area contributed by atoms with Gasteiger partial charge in [-0.1, -0.05) is 23.7 Å². The number of carbonyl (C=O) groups is 1. The van der Waals surface area contributed by atoms with Crippen LogP contribution < -0.4 is 10.1 Å². The van der Waals surface area contributed by atoms with E-state index in [9.17, 15) is 4.79 Å². The number of aromatic nitrogens is 2. The molecule has 2 heterocycles. The Morgan fingerprint density at radius 2 is 2.21 bits per heavy atom. The van der Waals surface area contributed by atoms with Gasteiger partial charge in [0.25, 0.3) is 0 Å². The number of nitrogens with one attached hydrogen (secondary N) is 1. The number of piperidine rings is 1. The maximum Gasteiger partial charge on any atom is 0.322 e. The molecular formula is C17H19ClN4O2. The molecule has 7 heteroatoms. The lowest BCUT2D eigenvalue weighted by Gasteiger charge is -2.32. The van der Waals surface area contributed by atoms with Crippen LogP contribution in [0, 0.1) is 6.92 Å². The number of hydrogen-bond donors (Lipinski definition) is 1. The maximum absolute atomic E-state index is 12.4. The highest BCUT2D eigenvalue weighted by atomic mass is 35.5. The molecule has 1 N–H and O–H groups in total. The van der Waals surface area contributed by atoms with Gasteiger partial charge in [-0.3, -0.25) is 0 Å². The molecular weight excluding hydrogens is 328 g/mol. The van der Waals surface area contributed by atoms with E-state index < -0.39 is 0 Å². The Hall–Kier alpha value is -2.34. The molecule has 1 aliphatic heterocycles. The topological polar surface area (TPSA) is 67.3 Å². The Bertz CT molecular complexity index is 725. The van der Waals surface area contributed by atoms with Gasteiger partial charge in [0, 0.05) is 18.8 Å². The highest BCUT2D eigenvalue weighted by Gasteiger charge is 2.25. The number of likely N-dealkylation sites (tertiary alicyclic amines) is 1. The van der Waals surface area contributed by atoms with Crippen molar-refractivity contribution in [2.45, 2.75) is 25.9 Å². The predicted molar refractivity (Wildman–Crippen MR) is 92.5 cm³/mol. The van der Waals surface area contributed by atoms with E-state index in [-0.39, 0.29) is 12.1 Å². The van der Waals surface area contributed by atoms with Crippen LogP contribution in [0.2, 0.25) is 5.02 Å². The highest BCUT2D eigenvalue weighted by Crippen LogP contribution is 2.22. The van der Waals surface area contributed by atoms with Crippen LogP contribution in [0.5, 0.6) is 5.88 Å². The van der Waals surface area contributed by atoms with Crippen LogP contribution in [-0.2, 0) is 0 Å². The van der Waals surface area contributed by atoms with Crippen LogP contribution in [0.25, 0.3) is 0 Å². The van der Waals surface area contributed by atoms with Crippen LogP contribution in [0.15, 0.2) is 36.5 Å². The molecule has 1 aliphatic rings. The van der Waals surface area contributed by atoms with E-state index in [4.69, 9.17) is 16.3 Å². The van der Waals surface area contributed by atoms with Crippen molar-refractivity contribution in [1.29, 1.82) is 0 Å². The van der Waals surface area contributed by atoms with Gasteiger partial charge < -0.3 is 15.0 Å². The Morgan fingerprint density at radius 3 is 3.00 bits per heavy atom. The second-order valence-corrected chi connectivity index (χ2v) is 6.09. The van der Waals surface area contributed by atoms with Crippen molar-refractivity contribution in [3.63, 3.8) is 0 Å². The summed E-state index contributed by atoms with van der Waals surface area (Å²) in [6, 6.07) is 8.75. The number of halogens is 1. The summed E-state index contributed by atoms with van der Waals surface area (Å²) in [5.41, 5.74) is 0.610. The first-order valence-corrected chi connectivity index (χ1v) is 8.26. The standard InChI is InChI=1S/C17H19ClN4O2/c1-12-19-9-8-16(20-12)24-13-5-4-10-22(11-13)17(23)21-15-7-3-2-6-14(15)18/h2-3,6-9,13H,4-5,10-11H2,1H3,(H,21,23). The lowest BCUT2D eigenvalue weighted by Crippen LogP contribution is -2.46. The van der Waals surface area contributed by atoms with E-state index in [1.807, 2.05) is 19.1 Å². The Morgan fingerprint density at radius 1 is 1.38 bits per heavy atom.